The Bertz CT molecular complexity index is 874. The number of halogens is 2. The van der Waals surface area contributed by atoms with Gasteiger partial charge in [0.2, 0.25) is 0 Å². The summed E-state index contributed by atoms with van der Waals surface area (Å²) in [5.41, 5.74) is 8.59. The number of nitrogens with zero attached hydrogens (tertiary/aromatic N) is 2. The molecule has 1 atom stereocenters. The molecule has 0 spiro atoms. The monoisotopic (exact) mass is 456 g/mol. The van der Waals surface area contributed by atoms with E-state index in [0.717, 1.165) is 11.1 Å². The summed E-state index contributed by atoms with van der Waals surface area (Å²) in [7, 11) is 1.94. The quantitative estimate of drug-likeness (QED) is 0.359. The predicted molar refractivity (Wildman–Crippen MR) is 107 cm³/mol. The summed E-state index contributed by atoms with van der Waals surface area (Å²) in [6.45, 7) is 2.11. The molecular weight excluding hydrogens is 439 g/mol. The van der Waals surface area contributed by atoms with Crippen molar-refractivity contribution < 1.29 is 4.79 Å². The number of nitrogens with one attached hydrogen (secondary N) is 1. The van der Waals surface area contributed by atoms with Crippen LogP contribution >= 0.6 is 35.0 Å². The molecule has 2 aromatic carbocycles. The van der Waals surface area contributed by atoms with Gasteiger partial charge in [-0.1, -0.05) is 46.9 Å². The minimum Gasteiger partial charge on any atom is -0.366 e. The van der Waals surface area contributed by atoms with Crippen LogP contribution in [0.25, 0.3) is 16.6 Å². The number of hydrogen-bond donors (Lipinski definition) is 2. The predicted octanol–water partition coefficient (Wildman–Crippen LogP) is 3.37. The number of hydrogen-bond acceptors (Lipinski definition) is 3. The van der Waals surface area contributed by atoms with Gasteiger partial charge >= 0.3 is 0 Å². The Morgan fingerprint density at radius 1 is 1.25 bits per heavy atom. The van der Waals surface area contributed by atoms with Gasteiger partial charge in [-0.15, -0.1) is 12.4 Å². The Morgan fingerprint density at radius 3 is 2.50 bits per heavy atom. The van der Waals surface area contributed by atoms with Crippen LogP contribution in [0.2, 0.25) is 0 Å². The molecule has 7 heteroatoms. The largest absolute Gasteiger partial charge is 0.366 e. The van der Waals surface area contributed by atoms with E-state index in [9.17, 15) is 4.79 Å². The van der Waals surface area contributed by atoms with Crippen molar-refractivity contribution in [1.29, 1.82) is 0 Å². The fourth-order valence-corrected chi connectivity index (χ4v) is 2.81. The number of rotatable bonds is 4. The molecule has 1 aromatic heterocycles. The molecule has 0 saturated carbocycles. The van der Waals surface area contributed by atoms with Gasteiger partial charge in [-0.25, -0.2) is 4.68 Å². The molecule has 0 saturated heterocycles. The number of benzene rings is 2. The first kappa shape index (κ1) is 18.7. The molecule has 0 radical (unpaired) electrons. The zero-order valence-electron chi connectivity index (χ0n) is 13.3. The second-order valence-electron chi connectivity index (χ2n) is 5.48. The van der Waals surface area contributed by atoms with Crippen LogP contribution in [0.4, 0.5) is 0 Å². The van der Waals surface area contributed by atoms with Gasteiger partial charge in [0, 0.05) is 11.6 Å². The highest BCUT2D eigenvalue weighted by atomic mass is 127. The molecule has 0 aliphatic carbocycles. The van der Waals surface area contributed by atoms with E-state index in [-0.39, 0.29) is 16.0 Å². The highest BCUT2D eigenvalue weighted by Crippen LogP contribution is 2.28. The highest BCUT2D eigenvalue weighted by molar-refractivity contribution is 14.1. The van der Waals surface area contributed by atoms with Gasteiger partial charge in [0.05, 0.1) is 14.8 Å². The average molecular weight is 457 g/mol. The standard InChI is InChI=1S/C17H17IN4O.ClH/c1-17(18,20-2)12-6-8-13(9-7-12)22-10-11-4-3-5-14(16(19)23)15(11)21-22;/h3-10,20H,1-2H3,(H2,19,23);1H/t17-;/m1./s1. The summed E-state index contributed by atoms with van der Waals surface area (Å²) >= 11 is 2.37. The smallest absolute Gasteiger partial charge is 0.250 e. The Kier molecular flexibility index (Phi) is 5.52. The summed E-state index contributed by atoms with van der Waals surface area (Å²) in [5.74, 6) is -0.467. The lowest BCUT2D eigenvalue weighted by atomic mass is 10.1. The van der Waals surface area contributed by atoms with Crippen LogP contribution < -0.4 is 11.1 Å². The van der Waals surface area contributed by atoms with E-state index in [0.29, 0.717) is 11.1 Å². The van der Waals surface area contributed by atoms with Crippen LogP contribution in [-0.2, 0) is 3.55 Å². The van der Waals surface area contributed by atoms with E-state index >= 15 is 0 Å². The third-order valence-electron chi connectivity index (χ3n) is 3.95. The lowest BCUT2D eigenvalue weighted by Crippen LogP contribution is -2.29. The zero-order chi connectivity index (χ0) is 16.6. The zero-order valence-corrected chi connectivity index (χ0v) is 16.3. The maximum atomic E-state index is 11.5. The topological polar surface area (TPSA) is 72.9 Å². The summed E-state index contributed by atoms with van der Waals surface area (Å²) in [5, 5.41) is 8.67. The lowest BCUT2D eigenvalue weighted by molar-refractivity contribution is 0.100. The molecule has 0 aliphatic rings. The van der Waals surface area contributed by atoms with E-state index < -0.39 is 5.91 Å². The Hall–Kier alpha value is -1.64. The van der Waals surface area contributed by atoms with Crippen LogP contribution in [-0.4, -0.2) is 22.7 Å². The van der Waals surface area contributed by atoms with Gasteiger partial charge in [-0.05, 0) is 37.7 Å². The molecule has 0 unspecified atom stereocenters. The second kappa shape index (κ2) is 7.08. The van der Waals surface area contributed by atoms with E-state index in [1.165, 1.54) is 5.56 Å². The molecule has 3 aromatic rings. The summed E-state index contributed by atoms with van der Waals surface area (Å²) in [6, 6.07) is 13.6. The van der Waals surface area contributed by atoms with Crippen molar-refractivity contribution in [3.05, 3.63) is 59.8 Å². The number of carbonyl (C=O) groups excluding carboxylic acids is 1. The normalized spacial score (nSPS) is 13.3. The van der Waals surface area contributed by atoms with Crippen molar-refractivity contribution in [2.45, 2.75) is 10.5 Å². The molecule has 1 heterocycles. The first-order valence-electron chi connectivity index (χ1n) is 7.19. The maximum absolute atomic E-state index is 11.5. The fourth-order valence-electron chi connectivity index (χ4n) is 2.45. The Balaban J connectivity index is 0.00000208. The van der Waals surface area contributed by atoms with Crippen LogP contribution in [0.1, 0.15) is 22.8 Å². The molecule has 5 nitrogen and oxygen atoms in total. The SMILES string of the molecule is CN[C@@](C)(I)c1ccc(-n2cc3cccc(C(N)=O)c3n2)cc1.Cl. The molecule has 0 bridgehead atoms. The van der Waals surface area contributed by atoms with Crippen molar-refractivity contribution in [3.63, 3.8) is 0 Å². The minimum atomic E-state index is -0.467. The Labute approximate surface area is 160 Å². The van der Waals surface area contributed by atoms with E-state index in [1.807, 2.05) is 37.5 Å². The summed E-state index contributed by atoms with van der Waals surface area (Å²) in [6.07, 6.45) is 1.90. The number of fused-ring (bicyclic) bond motifs is 1. The third-order valence-corrected chi connectivity index (χ3v) is 5.11. The molecule has 3 N–H and O–H groups in total. The van der Waals surface area contributed by atoms with E-state index in [2.05, 4.69) is 52.1 Å². The number of alkyl halides is 1. The molecular formula is C17H18ClIN4O. The first-order chi connectivity index (χ1) is 10.9. The van der Waals surface area contributed by atoms with Crippen molar-refractivity contribution in [1.82, 2.24) is 15.1 Å². The van der Waals surface area contributed by atoms with Gasteiger partial charge in [-0.2, -0.15) is 5.10 Å². The minimum absolute atomic E-state index is 0. The van der Waals surface area contributed by atoms with E-state index in [1.54, 1.807) is 10.7 Å². The van der Waals surface area contributed by atoms with Gasteiger partial charge in [0.25, 0.3) is 5.91 Å². The molecule has 24 heavy (non-hydrogen) atoms. The second-order valence-corrected chi connectivity index (χ2v) is 7.64. The number of amides is 1. The van der Waals surface area contributed by atoms with Gasteiger partial charge in [0.1, 0.15) is 5.52 Å². The van der Waals surface area contributed by atoms with Gasteiger partial charge in [-0.3, -0.25) is 4.79 Å². The lowest BCUT2D eigenvalue weighted by Gasteiger charge is -2.22. The molecule has 3 rings (SSSR count). The van der Waals surface area contributed by atoms with Crippen molar-refractivity contribution in [2.24, 2.45) is 5.73 Å². The number of carbonyl (C=O) groups is 1. The average Bonchev–Trinajstić information content (AvgIpc) is 2.98. The summed E-state index contributed by atoms with van der Waals surface area (Å²) < 4.78 is 1.65. The van der Waals surface area contributed by atoms with E-state index in [4.69, 9.17) is 5.73 Å². The fraction of sp³-hybridized carbons (Fsp3) is 0.176. The molecule has 1 amide bonds. The maximum Gasteiger partial charge on any atom is 0.250 e. The van der Waals surface area contributed by atoms with Gasteiger partial charge in [0.15, 0.2) is 0 Å². The summed E-state index contributed by atoms with van der Waals surface area (Å²) in [4.78, 5) is 11.5. The highest BCUT2D eigenvalue weighted by Gasteiger charge is 2.19. The van der Waals surface area contributed by atoms with Crippen LogP contribution in [0.3, 0.4) is 0 Å². The Morgan fingerprint density at radius 2 is 1.92 bits per heavy atom. The molecule has 0 fully saturated rings. The van der Waals surface area contributed by atoms with Crippen molar-refractivity contribution in [2.75, 3.05) is 7.05 Å². The van der Waals surface area contributed by atoms with Crippen LogP contribution in [0.5, 0.6) is 0 Å². The van der Waals surface area contributed by atoms with Crippen molar-refractivity contribution >= 4 is 51.8 Å². The van der Waals surface area contributed by atoms with Crippen LogP contribution in [0, 0.1) is 0 Å². The molecule has 126 valence electrons. The number of primary amides is 1. The van der Waals surface area contributed by atoms with Gasteiger partial charge < -0.3 is 11.1 Å². The third kappa shape index (κ3) is 3.40. The van der Waals surface area contributed by atoms with Crippen LogP contribution in [0.15, 0.2) is 48.7 Å². The molecule has 0 aliphatic heterocycles. The number of aromatic nitrogens is 2. The number of nitrogens with two attached hydrogens (primary N) is 1. The first-order valence-corrected chi connectivity index (χ1v) is 8.27. The van der Waals surface area contributed by atoms with Crippen molar-refractivity contribution in [3.8, 4) is 5.69 Å².